The smallest absolute Gasteiger partial charge is 0.257 e. The molecule has 2 aromatic carbocycles. The minimum atomic E-state index is -0.211. The highest BCUT2D eigenvalue weighted by Crippen LogP contribution is 2.23. The molecule has 1 amide bonds. The Bertz CT molecular complexity index is 890. The summed E-state index contributed by atoms with van der Waals surface area (Å²) in [6.45, 7) is 0.632. The van der Waals surface area contributed by atoms with Gasteiger partial charge in [-0.25, -0.2) is 0 Å². The molecule has 1 heterocycles. The van der Waals surface area contributed by atoms with Crippen LogP contribution in [-0.4, -0.2) is 29.7 Å². The maximum atomic E-state index is 12.0. The second-order valence-electron chi connectivity index (χ2n) is 5.55. The van der Waals surface area contributed by atoms with Crippen molar-refractivity contribution in [3.8, 4) is 5.75 Å². The van der Waals surface area contributed by atoms with Crippen molar-refractivity contribution in [3.63, 3.8) is 0 Å². The summed E-state index contributed by atoms with van der Waals surface area (Å²) in [6.07, 6.45) is 2.77. The molecule has 3 rings (SSSR count). The lowest BCUT2D eigenvalue weighted by atomic mass is 10.1. The Hall–Kier alpha value is -2.86. The summed E-state index contributed by atoms with van der Waals surface area (Å²) in [5.74, 6) is 0.612. The van der Waals surface area contributed by atoms with Gasteiger partial charge in [-0.1, -0.05) is 18.2 Å². The highest BCUT2D eigenvalue weighted by Gasteiger charge is 2.08. The van der Waals surface area contributed by atoms with Gasteiger partial charge in [0.25, 0.3) is 5.91 Å². The first kappa shape index (κ1) is 17.0. The van der Waals surface area contributed by atoms with Crippen LogP contribution in [-0.2, 0) is 6.42 Å². The SMILES string of the molecule is COc1ccc2c(CCNC(=S)NC(=O)c3ccccc3)c[nH]c2c1. The number of benzene rings is 2. The Balaban J connectivity index is 1.52. The number of hydrogen-bond acceptors (Lipinski definition) is 3. The Kier molecular flexibility index (Phi) is 5.30. The van der Waals surface area contributed by atoms with Crippen LogP contribution in [0.1, 0.15) is 15.9 Å². The predicted molar refractivity (Wildman–Crippen MR) is 103 cm³/mol. The standard InChI is InChI=1S/C19H19N3O2S/c1-24-15-7-8-16-14(12-21-17(16)11-15)9-10-20-19(25)22-18(23)13-5-3-2-4-6-13/h2-8,11-12,21H,9-10H2,1H3,(H2,20,22,23,25). The third-order valence-electron chi connectivity index (χ3n) is 3.92. The highest BCUT2D eigenvalue weighted by atomic mass is 32.1. The second kappa shape index (κ2) is 7.81. The third-order valence-corrected chi connectivity index (χ3v) is 4.16. The van der Waals surface area contributed by atoms with E-state index >= 15 is 0 Å². The van der Waals surface area contributed by atoms with E-state index in [0.29, 0.717) is 17.2 Å². The molecular formula is C19H19N3O2S. The Morgan fingerprint density at radius 3 is 2.76 bits per heavy atom. The maximum Gasteiger partial charge on any atom is 0.257 e. The van der Waals surface area contributed by atoms with Crippen molar-refractivity contribution in [2.75, 3.05) is 13.7 Å². The van der Waals surface area contributed by atoms with Gasteiger partial charge in [0.1, 0.15) is 5.75 Å². The highest BCUT2D eigenvalue weighted by molar-refractivity contribution is 7.80. The van der Waals surface area contributed by atoms with E-state index in [0.717, 1.165) is 23.1 Å². The molecule has 0 fully saturated rings. The minimum absolute atomic E-state index is 0.211. The summed E-state index contributed by atoms with van der Waals surface area (Å²) in [5, 5.41) is 7.24. The van der Waals surface area contributed by atoms with Gasteiger partial charge in [-0.05, 0) is 48.5 Å². The molecule has 25 heavy (non-hydrogen) atoms. The number of aromatic amines is 1. The van der Waals surface area contributed by atoms with Crippen molar-refractivity contribution in [1.29, 1.82) is 0 Å². The van der Waals surface area contributed by atoms with Gasteiger partial charge >= 0.3 is 0 Å². The summed E-state index contributed by atoms with van der Waals surface area (Å²) in [5.41, 5.74) is 2.80. The van der Waals surface area contributed by atoms with Crippen LogP contribution in [0.2, 0.25) is 0 Å². The first-order valence-electron chi connectivity index (χ1n) is 7.95. The number of methoxy groups -OCH3 is 1. The van der Waals surface area contributed by atoms with Gasteiger partial charge in [-0.3, -0.25) is 10.1 Å². The molecule has 5 nitrogen and oxygen atoms in total. The molecule has 0 aliphatic rings. The lowest BCUT2D eigenvalue weighted by Crippen LogP contribution is -2.40. The van der Waals surface area contributed by atoms with Crippen LogP contribution in [0.15, 0.2) is 54.7 Å². The number of rotatable bonds is 5. The lowest BCUT2D eigenvalue weighted by Gasteiger charge is -2.09. The fourth-order valence-corrected chi connectivity index (χ4v) is 2.81. The van der Waals surface area contributed by atoms with Gasteiger partial charge in [0, 0.05) is 35.3 Å². The molecule has 1 aromatic heterocycles. The molecule has 6 heteroatoms. The molecule has 0 unspecified atom stereocenters. The van der Waals surface area contributed by atoms with Gasteiger partial charge in [0.2, 0.25) is 0 Å². The molecule has 0 radical (unpaired) electrons. The number of amides is 1. The van der Waals surface area contributed by atoms with Gasteiger partial charge < -0.3 is 15.0 Å². The van der Waals surface area contributed by atoms with Gasteiger partial charge in [-0.2, -0.15) is 0 Å². The van der Waals surface area contributed by atoms with Crippen LogP contribution in [0.5, 0.6) is 5.75 Å². The number of fused-ring (bicyclic) bond motifs is 1. The van der Waals surface area contributed by atoms with E-state index in [1.54, 1.807) is 19.2 Å². The number of thiocarbonyl (C=S) groups is 1. The number of aromatic nitrogens is 1. The molecule has 0 aliphatic heterocycles. The van der Waals surface area contributed by atoms with Crippen molar-refractivity contribution in [2.45, 2.75) is 6.42 Å². The van der Waals surface area contributed by atoms with Crippen LogP contribution in [0.25, 0.3) is 10.9 Å². The zero-order valence-corrected chi connectivity index (χ0v) is 14.7. The quantitative estimate of drug-likeness (QED) is 0.617. The molecule has 0 saturated heterocycles. The van der Waals surface area contributed by atoms with Crippen LogP contribution in [0, 0.1) is 0 Å². The predicted octanol–water partition coefficient (Wildman–Crippen LogP) is 3.02. The van der Waals surface area contributed by atoms with Crippen molar-refractivity contribution in [2.24, 2.45) is 0 Å². The molecule has 0 saturated carbocycles. The number of hydrogen-bond donors (Lipinski definition) is 3. The largest absolute Gasteiger partial charge is 0.497 e. The van der Waals surface area contributed by atoms with Crippen LogP contribution in [0.3, 0.4) is 0 Å². The Labute approximate surface area is 151 Å². The first-order valence-corrected chi connectivity index (χ1v) is 8.36. The van der Waals surface area contributed by atoms with E-state index in [1.165, 1.54) is 5.56 Å². The number of carbonyl (C=O) groups is 1. The fourth-order valence-electron chi connectivity index (χ4n) is 2.62. The minimum Gasteiger partial charge on any atom is -0.497 e. The zero-order valence-electron chi connectivity index (χ0n) is 13.8. The lowest BCUT2D eigenvalue weighted by molar-refractivity contribution is 0.0976. The molecule has 0 spiro atoms. The van der Waals surface area contributed by atoms with Crippen LogP contribution < -0.4 is 15.4 Å². The van der Waals surface area contributed by atoms with E-state index in [2.05, 4.69) is 15.6 Å². The second-order valence-corrected chi connectivity index (χ2v) is 5.96. The Morgan fingerprint density at radius 1 is 1.20 bits per heavy atom. The van der Waals surface area contributed by atoms with Gasteiger partial charge in [0.05, 0.1) is 7.11 Å². The van der Waals surface area contributed by atoms with Crippen molar-refractivity contribution in [3.05, 3.63) is 65.9 Å². The number of carbonyl (C=O) groups excluding carboxylic acids is 1. The van der Waals surface area contributed by atoms with Crippen molar-refractivity contribution < 1.29 is 9.53 Å². The molecule has 3 aromatic rings. The summed E-state index contributed by atoms with van der Waals surface area (Å²) in [6, 6.07) is 14.9. The summed E-state index contributed by atoms with van der Waals surface area (Å²) in [4.78, 5) is 15.3. The number of ether oxygens (including phenoxy) is 1. The maximum absolute atomic E-state index is 12.0. The van der Waals surface area contributed by atoms with Gasteiger partial charge in [-0.15, -0.1) is 0 Å². The van der Waals surface area contributed by atoms with Crippen molar-refractivity contribution >= 4 is 34.1 Å². The van der Waals surface area contributed by atoms with E-state index in [-0.39, 0.29) is 5.91 Å². The average Bonchev–Trinajstić information content (AvgIpc) is 3.04. The molecule has 128 valence electrons. The summed E-state index contributed by atoms with van der Waals surface area (Å²) in [7, 11) is 1.65. The average molecular weight is 353 g/mol. The zero-order chi connectivity index (χ0) is 17.6. The van der Waals surface area contributed by atoms with Crippen LogP contribution >= 0.6 is 12.2 Å². The van der Waals surface area contributed by atoms with Crippen LogP contribution in [0.4, 0.5) is 0 Å². The normalized spacial score (nSPS) is 10.4. The fraction of sp³-hybridized carbons (Fsp3) is 0.158. The number of H-pyrrole nitrogens is 1. The molecule has 0 atom stereocenters. The monoisotopic (exact) mass is 353 g/mol. The van der Waals surface area contributed by atoms with E-state index in [1.807, 2.05) is 42.6 Å². The first-order chi connectivity index (χ1) is 12.2. The third kappa shape index (κ3) is 4.16. The molecule has 0 bridgehead atoms. The van der Waals surface area contributed by atoms with E-state index in [9.17, 15) is 4.79 Å². The van der Waals surface area contributed by atoms with E-state index < -0.39 is 0 Å². The molecular weight excluding hydrogens is 334 g/mol. The topological polar surface area (TPSA) is 66.2 Å². The molecule has 3 N–H and O–H groups in total. The van der Waals surface area contributed by atoms with E-state index in [4.69, 9.17) is 17.0 Å². The van der Waals surface area contributed by atoms with Gasteiger partial charge in [0.15, 0.2) is 5.11 Å². The summed E-state index contributed by atoms with van der Waals surface area (Å²) >= 11 is 5.19. The van der Waals surface area contributed by atoms with Crippen molar-refractivity contribution in [1.82, 2.24) is 15.6 Å². The Morgan fingerprint density at radius 2 is 2.00 bits per heavy atom. The molecule has 0 aliphatic carbocycles. The summed E-state index contributed by atoms with van der Waals surface area (Å²) < 4.78 is 5.23. The number of nitrogens with one attached hydrogen (secondary N) is 3.